The maximum atomic E-state index is 12.9. The summed E-state index contributed by atoms with van der Waals surface area (Å²) in [7, 11) is -3.61. The molecule has 0 saturated carbocycles. The number of carbonyl (C=O) groups excluding carboxylic acids is 1. The molecule has 0 unspecified atom stereocenters. The van der Waals surface area contributed by atoms with Gasteiger partial charge in [0.2, 0.25) is 10.0 Å². The predicted molar refractivity (Wildman–Crippen MR) is 105 cm³/mol. The summed E-state index contributed by atoms with van der Waals surface area (Å²) < 4.78 is 27.4. The van der Waals surface area contributed by atoms with Crippen molar-refractivity contribution < 1.29 is 13.2 Å². The molecule has 2 rings (SSSR count). The molecule has 0 aliphatic rings. The van der Waals surface area contributed by atoms with Crippen LogP contribution in [0.1, 0.15) is 42.6 Å². The highest BCUT2D eigenvalue weighted by Gasteiger charge is 2.19. The highest BCUT2D eigenvalue weighted by atomic mass is 32.2. The minimum Gasteiger partial charge on any atom is -0.309 e. The summed E-state index contributed by atoms with van der Waals surface area (Å²) >= 11 is 0. The average molecular weight is 375 g/mol. The molecule has 0 radical (unpaired) electrons. The van der Waals surface area contributed by atoms with Gasteiger partial charge in [-0.05, 0) is 56.2 Å². The first-order valence-corrected chi connectivity index (χ1v) is 10.4. The Bertz CT molecular complexity index is 863. The Labute approximate surface area is 156 Å². The molecule has 0 aromatic heterocycles. The third-order valence-electron chi connectivity index (χ3n) is 4.09. The highest BCUT2D eigenvalue weighted by Crippen LogP contribution is 2.20. The minimum atomic E-state index is -3.61. The second-order valence-corrected chi connectivity index (χ2v) is 7.93. The van der Waals surface area contributed by atoms with Crippen LogP contribution < -0.4 is 9.62 Å². The lowest BCUT2D eigenvalue weighted by Crippen LogP contribution is -2.31. The van der Waals surface area contributed by atoms with E-state index in [0.717, 1.165) is 24.1 Å². The zero-order valence-electron chi connectivity index (χ0n) is 15.5. The molecule has 2 aromatic rings. The van der Waals surface area contributed by atoms with Gasteiger partial charge in [-0.3, -0.25) is 4.79 Å². The van der Waals surface area contributed by atoms with Crippen molar-refractivity contribution in [2.75, 3.05) is 18.0 Å². The number of amides is 1. The van der Waals surface area contributed by atoms with Crippen LogP contribution in [0, 0.1) is 6.92 Å². The first-order valence-electron chi connectivity index (χ1n) is 8.87. The molecule has 0 aliphatic heterocycles. The average Bonchev–Trinajstić information content (AvgIpc) is 2.62. The minimum absolute atomic E-state index is 0.111. The van der Waals surface area contributed by atoms with Gasteiger partial charge in [-0.15, -0.1) is 0 Å². The molecule has 1 N–H and O–H groups in total. The number of benzene rings is 2. The van der Waals surface area contributed by atoms with Crippen molar-refractivity contribution >= 4 is 21.6 Å². The van der Waals surface area contributed by atoms with Gasteiger partial charge in [0, 0.05) is 24.3 Å². The molecule has 0 saturated heterocycles. The Hall–Kier alpha value is -2.18. The van der Waals surface area contributed by atoms with Gasteiger partial charge in [0.25, 0.3) is 5.91 Å². The Kier molecular flexibility index (Phi) is 6.94. The fourth-order valence-electron chi connectivity index (χ4n) is 2.66. The van der Waals surface area contributed by atoms with Crippen molar-refractivity contribution in [3.63, 3.8) is 0 Å². The molecule has 0 spiro atoms. The van der Waals surface area contributed by atoms with Gasteiger partial charge in [-0.25, -0.2) is 13.1 Å². The van der Waals surface area contributed by atoms with Crippen LogP contribution in [0.5, 0.6) is 0 Å². The maximum Gasteiger partial charge on any atom is 0.258 e. The lowest BCUT2D eigenvalue weighted by Gasteiger charge is -2.22. The summed E-state index contributed by atoms with van der Waals surface area (Å²) in [5.74, 6) is -0.219. The summed E-state index contributed by atoms with van der Waals surface area (Å²) in [6.45, 7) is 6.75. The lowest BCUT2D eigenvalue weighted by atomic mass is 10.1. The molecule has 2 aromatic carbocycles. The molecule has 1 amide bonds. The van der Waals surface area contributed by atoms with Gasteiger partial charge in [0.1, 0.15) is 0 Å². The summed E-state index contributed by atoms with van der Waals surface area (Å²) in [4.78, 5) is 14.7. The van der Waals surface area contributed by atoms with Crippen LogP contribution in [0.4, 0.5) is 5.69 Å². The van der Waals surface area contributed by atoms with E-state index >= 15 is 0 Å². The number of nitrogens with zero attached hydrogens (tertiary/aromatic N) is 1. The molecule has 26 heavy (non-hydrogen) atoms. The number of aryl methyl sites for hydroxylation is 1. The summed E-state index contributed by atoms with van der Waals surface area (Å²) in [5, 5.41) is 0. The van der Waals surface area contributed by atoms with E-state index in [-0.39, 0.29) is 10.8 Å². The van der Waals surface area contributed by atoms with Gasteiger partial charge in [0.15, 0.2) is 0 Å². The molecule has 0 fully saturated rings. The Morgan fingerprint density at radius 3 is 2.46 bits per heavy atom. The number of hydrogen-bond donors (Lipinski definition) is 1. The molecule has 0 aliphatic carbocycles. The summed E-state index contributed by atoms with van der Waals surface area (Å²) in [5.41, 5.74) is 2.21. The highest BCUT2D eigenvalue weighted by molar-refractivity contribution is 7.89. The van der Waals surface area contributed by atoms with E-state index < -0.39 is 10.0 Å². The van der Waals surface area contributed by atoms with Crippen LogP contribution in [-0.4, -0.2) is 27.4 Å². The summed E-state index contributed by atoms with van der Waals surface area (Å²) in [6, 6.07) is 13.9. The van der Waals surface area contributed by atoms with E-state index in [2.05, 4.69) is 4.72 Å². The van der Waals surface area contributed by atoms with E-state index in [4.69, 9.17) is 0 Å². The topological polar surface area (TPSA) is 66.5 Å². The van der Waals surface area contributed by atoms with Crippen LogP contribution in [0.25, 0.3) is 0 Å². The molecular formula is C20H26N2O3S. The SMILES string of the molecule is CCCCNS(=O)(=O)c1cccc(C(=O)N(CC)c2cccc(C)c2)c1. The monoisotopic (exact) mass is 374 g/mol. The van der Waals surface area contributed by atoms with Gasteiger partial charge in [-0.1, -0.05) is 31.5 Å². The molecule has 5 nitrogen and oxygen atoms in total. The van der Waals surface area contributed by atoms with Crippen molar-refractivity contribution in [2.24, 2.45) is 0 Å². The predicted octanol–water partition coefficient (Wildman–Crippen LogP) is 3.74. The van der Waals surface area contributed by atoms with E-state index in [1.165, 1.54) is 12.1 Å². The van der Waals surface area contributed by atoms with Crippen LogP contribution in [0.3, 0.4) is 0 Å². The van der Waals surface area contributed by atoms with E-state index in [1.807, 2.05) is 45.0 Å². The van der Waals surface area contributed by atoms with Crippen molar-refractivity contribution in [2.45, 2.75) is 38.5 Å². The number of hydrogen-bond acceptors (Lipinski definition) is 3. The first-order chi connectivity index (χ1) is 12.4. The van der Waals surface area contributed by atoms with Crippen LogP contribution >= 0.6 is 0 Å². The normalized spacial score (nSPS) is 11.3. The molecule has 0 bridgehead atoms. The zero-order valence-corrected chi connectivity index (χ0v) is 16.3. The van der Waals surface area contributed by atoms with Gasteiger partial charge in [0.05, 0.1) is 4.90 Å². The van der Waals surface area contributed by atoms with Crippen molar-refractivity contribution in [1.29, 1.82) is 0 Å². The van der Waals surface area contributed by atoms with Crippen LogP contribution in [-0.2, 0) is 10.0 Å². The number of unbranched alkanes of at least 4 members (excludes halogenated alkanes) is 1. The van der Waals surface area contributed by atoms with Crippen molar-refractivity contribution in [3.8, 4) is 0 Å². The fourth-order valence-corrected chi connectivity index (χ4v) is 3.78. The van der Waals surface area contributed by atoms with E-state index in [9.17, 15) is 13.2 Å². The molecule has 140 valence electrons. The number of sulfonamides is 1. The fraction of sp³-hybridized carbons (Fsp3) is 0.350. The zero-order chi connectivity index (χ0) is 19.2. The third kappa shape index (κ3) is 4.93. The molecule has 6 heteroatoms. The van der Waals surface area contributed by atoms with E-state index in [1.54, 1.807) is 17.0 Å². The lowest BCUT2D eigenvalue weighted by molar-refractivity contribution is 0.0988. The standard InChI is InChI=1S/C20H26N2O3S/c1-4-6-13-21-26(24,25)19-12-8-10-17(15-19)20(23)22(5-2)18-11-7-9-16(3)14-18/h7-12,14-15,21H,4-6,13H2,1-3H3. The smallest absolute Gasteiger partial charge is 0.258 e. The number of rotatable bonds is 8. The number of anilines is 1. The largest absolute Gasteiger partial charge is 0.309 e. The molecule has 0 heterocycles. The second-order valence-electron chi connectivity index (χ2n) is 6.17. The summed E-state index contributed by atoms with van der Waals surface area (Å²) in [6.07, 6.45) is 1.68. The maximum absolute atomic E-state index is 12.9. The second kappa shape index (κ2) is 8.96. The van der Waals surface area contributed by atoms with Gasteiger partial charge >= 0.3 is 0 Å². The van der Waals surface area contributed by atoms with Crippen molar-refractivity contribution in [1.82, 2.24) is 4.72 Å². The Balaban J connectivity index is 2.29. The Morgan fingerprint density at radius 1 is 1.08 bits per heavy atom. The van der Waals surface area contributed by atoms with Crippen LogP contribution in [0.2, 0.25) is 0 Å². The quantitative estimate of drug-likeness (QED) is 0.716. The number of carbonyl (C=O) groups is 1. The third-order valence-corrected chi connectivity index (χ3v) is 5.55. The van der Waals surface area contributed by atoms with Gasteiger partial charge < -0.3 is 4.90 Å². The van der Waals surface area contributed by atoms with E-state index in [0.29, 0.717) is 18.7 Å². The van der Waals surface area contributed by atoms with Crippen molar-refractivity contribution in [3.05, 3.63) is 59.7 Å². The van der Waals surface area contributed by atoms with Gasteiger partial charge in [-0.2, -0.15) is 0 Å². The molecular weight excluding hydrogens is 348 g/mol. The first kappa shape index (κ1) is 20.1. The molecule has 0 atom stereocenters. The Morgan fingerprint density at radius 2 is 1.81 bits per heavy atom. The van der Waals surface area contributed by atoms with Crippen LogP contribution in [0.15, 0.2) is 53.4 Å². The number of nitrogens with one attached hydrogen (secondary N) is 1.